The first-order valence-electron chi connectivity index (χ1n) is 11.5. The van der Waals surface area contributed by atoms with E-state index in [1.54, 1.807) is 12.1 Å². The van der Waals surface area contributed by atoms with Crippen molar-refractivity contribution in [1.29, 1.82) is 0 Å². The monoisotopic (exact) mass is 384 g/mol. The molecule has 0 fully saturated rings. The molecular weight excluding hydrogens is 344 g/mol. The summed E-state index contributed by atoms with van der Waals surface area (Å²) in [4.78, 5) is 23.9. The molecule has 1 rings (SSSR count). The Balaban J connectivity index is 1.89. The minimum Gasteiger partial charge on any atom is -0.299 e. The second kappa shape index (κ2) is 17.4. The number of rotatable bonds is 18. The van der Waals surface area contributed by atoms with Gasteiger partial charge in [0.05, 0.1) is 6.42 Å². The molecule has 0 atom stereocenters. The van der Waals surface area contributed by atoms with Gasteiger partial charge in [0.1, 0.15) is 5.78 Å². The van der Waals surface area contributed by atoms with Gasteiger partial charge in [-0.1, -0.05) is 101 Å². The Hall–Kier alpha value is -1.70. The van der Waals surface area contributed by atoms with Gasteiger partial charge >= 0.3 is 0 Å². The van der Waals surface area contributed by atoms with Crippen LogP contribution in [0.2, 0.25) is 0 Å². The number of hydrogen-bond acceptors (Lipinski definition) is 2. The minimum absolute atomic E-state index is 0.0490. The molecule has 0 saturated carbocycles. The minimum atomic E-state index is -0.0571. The third kappa shape index (κ3) is 13.5. The van der Waals surface area contributed by atoms with E-state index < -0.39 is 0 Å². The van der Waals surface area contributed by atoms with Crippen LogP contribution in [-0.4, -0.2) is 11.6 Å². The smallest absolute Gasteiger partial charge is 0.170 e. The summed E-state index contributed by atoms with van der Waals surface area (Å²) in [5.74, 6) is 0.0184. The quantitative estimate of drug-likeness (QED) is 0.112. The predicted molar refractivity (Wildman–Crippen MR) is 120 cm³/mol. The average molecular weight is 385 g/mol. The Labute approximate surface area is 172 Å². The molecule has 156 valence electrons. The molecule has 0 unspecified atom stereocenters. The number of unbranched alkanes of at least 4 members (excludes halogenated alkanes) is 11. The Morgan fingerprint density at radius 1 is 0.714 bits per heavy atom. The van der Waals surface area contributed by atoms with Gasteiger partial charge in [0.25, 0.3) is 0 Å². The van der Waals surface area contributed by atoms with Crippen LogP contribution in [-0.2, 0) is 4.79 Å². The highest BCUT2D eigenvalue weighted by Gasteiger charge is 2.10. The Bertz CT molecular complexity index is 545. The summed E-state index contributed by atoms with van der Waals surface area (Å²) in [7, 11) is 0. The van der Waals surface area contributed by atoms with E-state index in [4.69, 9.17) is 0 Å². The highest BCUT2D eigenvalue weighted by molar-refractivity contribution is 6.07. The highest BCUT2D eigenvalue weighted by atomic mass is 16.1. The topological polar surface area (TPSA) is 34.1 Å². The molecule has 2 heteroatoms. The molecule has 1 aromatic rings. The van der Waals surface area contributed by atoms with Crippen molar-refractivity contribution < 1.29 is 9.59 Å². The van der Waals surface area contributed by atoms with Crippen LogP contribution in [0.3, 0.4) is 0 Å². The molecule has 0 aliphatic rings. The first-order valence-corrected chi connectivity index (χ1v) is 11.5. The van der Waals surface area contributed by atoms with E-state index in [1.807, 2.05) is 18.2 Å². The van der Waals surface area contributed by atoms with Crippen LogP contribution >= 0.6 is 0 Å². The van der Waals surface area contributed by atoms with E-state index in [0.29, 0.717) is 12.0 Å². The van der Waals surface area contributed by atoms with E-state index in [-0.39, 0.29) is 18.0 Å². The van der Waals surface area contributed by atoms with E-state index >= 15 is 0 Å². The normalized spacial score (nSPS) is 11.2. The molecule has 0 heterocycles. The highest BCUT2D eigenvalue weighted by Crippen LogP contribution is 2.11. The van der Waals surface area contributed by atoms with Crippen molar-refractivity contribution >= 4 is 11.6 Å². The molecule has 1 aromatic carbocycles. The molecule has 0 aromatic heterocycles. The third-order valence-electron chi connectivity index (χ3n) is 5.17. The molecule has 0 N–H and O–H groups in total. The van der Waals surface area contributed by atoms with Gasteiger partial charge < -0.3 is 0 Å². The summed E-state index contributed by atoms with van der Waals surface area (Å²) in [5, 5.41) is 0. The SMILES string of the molecule is CCCCCCCCC=CCCCCCCCC(=O)CC(=O)c1ccccc1. The van der Waals surface area contributed by atoms with Crippen LogP contribution in [0.25, 0.3) is 0 Å². The van der Waals surface area contributed by atoms with E-state index in [0.717, 1.165) is 12.8 Å². The maximum Gasteiger partial charge on any atom is 0.170 e. The molecule has 0 bridgehead atoms. The third-order valence-corrected chi connectivity index (χ3v) is 5.17. The summed E-state index contributed by atoms with van der Waals surface area (Å²) < 4.78 is 0. The lowest BCUT2D eigenvalue weighted by molar-refractivity contribution is -0.118. The summed E-state index contributed by atoms with van der Waals surface area (Å²) in [5.41, 5.74) is 0.639. The summed E-state index contributed by atoms with van der Waals surface area (Å²) >= 11 is 0. The zero-order valence-electron chi connectivity index (χ0n) is 18.0. The van der Waals surface area contributed by atoms with E-state index in [1.165, 1.54) is 70.6 Å². The molecule has 28 heavy (non-hydrogen) atoms. The lowest BCUT2D eigenvalue weighted by Crippen LogP contribution is -2.07. The molecule has 0 aliphatic carbocycles. The van der Waals surface area contributed by atoms with Crippen LogP contribution in [0.15, 0.2) is 42.5 Å². The molecule has 0 radical (unpaired) electrons. The van der Waals surface area contributed by atoms with Gasteiger partial charge in [0, 0.05) is 12.0 Å². The van der Waals surface area contributed by atoms with Gasteiger partial charge in [-0.3, -0.25) is 9.59 Å². The molecule has 0 aliphatic heterocycles. The second-order valence-corrected chi connectivity index (χ2v) is 7.84. The summed E-state index contributed by atoms with van der Waals surface area (Å²) in [6, 6.07) is 9.10. The second-order valence-electron chi connectivity index (χ2n) is 7.84. The first-order chi connectivity index (χ1) is 13.7. The summed E-state index contributed by atoms with van der Waals surface area (Å²) in [6.07, 6.45) is 21.6. The predicted octanol–water partition coefficient (Wildman–Crippen LogP) is 7.87. The van der Waals surface area contributed by atoms with Gasteiger partial charge in [-0.15, -0.1) is 0 Å². The number of benzene rings is 1. The molecular formula is C26H40O2. The maximum atomic E-state index is 12.0. The van der Waals surface area contributed by atoms with Crippen molar-refractivity contribution in [3.8, 4) is 0 Å². The zero-order chi connectivity index (χ0) is 20.3. The van der Waals surface area contributed by atoms with Crippen molar-refractivity contribution in [1.82, 2.24) is 0 Å². The maximum absolute atomic E-state index is 12.0. The largest absolute Gasteiger partial charge is 0.299 e. The van der Waals surface area contributed by atoms with Crippen LogP contribution < -0.4 is 0 Å². The number of Topliss-reactive ketones (excluding diaryl/α,β-unsaturated/α-hetero) is 2. The lowest BCUT2D eigenvalue weighted by atomic mass is 10.0. The standard InChI is InChI=1S/C26H40O2/c1-2-3-4-5-6-7-8-9-10-11-12-13-14-15-19-22-25(27)23-26(28)24-20-17-16-18-21-24/h9-10,16-18,20-21H,2-8,11-15,19,22-23H2,1H3. The van der Waals surface area contributed by atoms with Crippen LogP contribution in [0.1, 0.15) is 114 Å². The fourth-order valence-corrected chi connectivity index (χ4v) is 3.39. The van der Waals surface area contributed by atoms with Gasteiger partial charge in [-0.25, -0.2) is 0 Å². The van der Waals surface area contributed by atoms with Crippen LogP contribution in [0.4, 0.5) is 0 Å². The first kappa shape index (κ1) is 24.3. The van der Waals surface area contributed by atoms with E-state index in [2.05, 4.69) is 19.1 Å². The van der Waals surface area contributed by atoms with Gasteiger partial charge in [-0.2, -0.15) is 0 Å². The van der Waals surface area contributed by atoms with Crippen LogP contribution in [0.5, 0.6) is 0 Å². The lowest BCUT2D eigenvalue weighted by Gasteiger charge is -2.02. The number of carbonyl (C=O) groups excluding carboxylic acids is 2. The van der Waals surface area contributed by atoms with Crippen molar-refractivity contribution in [2.75, 3.05) is 0 Å². The number of allylic oxidation sites excluding steroid dienone is 2. The molecule has 0 spiro atoms. The van der Waals surface area contributed by atoms with Crippen molar-refractivity contribution in [3.63, 3.8) is 0 Å². The Morgan fingerprint density at radius 2 is 1.25 bits per heavy atom. The zero-order valence-corrected chi connectivity index (χ0v) is 18.0. The summed E-state index contributed by atoms with van der Waals surface area (Å²) in [6.45, 7) is 2.26. The van der Waals surface area contributed by atoms with E-state index in [9.17, 15) is 9.59 Å². The Morgan fingerprint density at radius 3 is 1.86 bits per heavy atom. The molecule has 0 saturated heterocycles. The van der Waals surface area contributed by atoms with Crippen molar-refractivity contribution in [2.45, 2.75) is 103 Å². The van der Waals surface area contributed by atoms with Crippen LogP contribution in [0, 0.1) is 0 Å². The number of carbonyl (C=O) groups is 2. The van der Waals surface area contributed by atoms with Crippen molar-refractivity contribution in [2.24, 2.45) is 0 Å². The van der Waals surface area contributed by atoms with Gasteiger partial charge in [0.2, 0.25) is 0 Å². The number of ketones is 2. The van der Waals surface area contributed by atoms with Gasteiger partial charge in [0.15, 0.2) is 5.78 Å². The fraction of sp³-hybridized carbons (Fsp3) is 0.615. The molecule has 0 amide bonds. The van der Waals surface area contributed by atoms with Gasteiger partial charge in [-0.05, 0) is 32.1 Å². The fourth-order valence-electron chi connectivity index (χ4n) is 3.39. The number of hydrogen-bond donors (Lipinski definition) is 0. The molecule has 2 nitrogen and oxygen atoms in total. The average Bonchev–Trinajstić information content (AvgIpc) is 2.71. The Kier molecular flexibility index (Phi) is 15.1. The van der Waals surface area contributed by atoms with Crippen molar-refractivity contribution in [3.05, 3.63) is 48.0 Å².